The molecule has 3 rings (SSSR count). The number of anilines is 2. The molecule has 0 unspecified atom stereocenters. The number of hydrogen-bond donors (Lipinski definition) is 3. The summed E-state index contributed by atoms with van der Waals surface area (Å²) >= 11 is 5.85. The van der Waals surface area contributed by atoms with E-state index >= 15 is 0 Å². The molecule has 0 aliphatic rings. The number of hydrogen-bond acceptors (Lipinski definition) is 7. The number of carbonyl (C=O) groups is 3. The van der Waals surface area contributed by atoms with E-state index in [0.717, 1.165) is 6.42 Å². The third kappa shape index (κ3) is 9.67. The molecule has 0 spiro atoms. The van der Waals surface area contributed by atoms with Crippen LogP contribution in [0.2, 0.25) is 5.02 Å². The highest BCUT2D eigenvalue weighted by atomic mass is 35.5. The minimum Gasteiger partial charge on any atom is -0.494 e. The Kier molecular flexibility index (Phi) is 11.1. The normalized spacial score (nSPS) is 10.5. The molecule has 0 aliphatic heterocycles. The first-order valence-corrected chi connectivity index (χ1v) is 12.6. The Labute approximate surface area is 231 Å². The van der Waals surface area contributed by atoms with Gasteiger partial charge in [0.1, 0.15) is 5.75 Å². The Morgan fingerprint density at radius 1 is 0.821 bits per heavy atom. The summed E-state index contributed by atoms with van der Waals surface area (Å²) in [5.74, 6) is -0.745. The summed E-state index contributed by atoms with van der Waals surface area (Å²) in [6.07, 6.45) is 2.24. The SMILES string of the molecule is CCCOc1ccc(NC(=O)C(=O)N/N=C\c2ccc(OCC(=O)Nc3ccc(Cl)cc3)c(OCC)c2)cc1. The number of halogens is 1. The lowest BCUT2D eigenvalue weighted by Gasteiger charge is -2.12. The molecule has 0 heterocycles. The van der Waals surface area contributed by atoms with Crippen molar-refractivity contribution in [3.05, 3.63) is 77.3 Å². The van der Waals surface area contributed by atoms with Crippen LogP contribution in [-0.4, -0.2) is 43.8 Å². The topological polar surface area (TPSA) is 127 Å². The van der Waals surface area contributed by atoms with Gasteiger partial charge < -0.3 is 24.8 Å². The van der Waals surface area contributed by atoms with Crippen molar-refractivity contribution in [2.75, 3.05) is 30.5 Å². The first-order chi connectivity index (χ1) is 18.9. The third-order valence-electron chi connectivity index (χ3n) is 4.93. The van der Waals surface area contributed by atoms with Crippen molar-refractivity contribution < 1.29 is 28.6 Å². The molecule has 0 saturated carbocycles. The first-order valence-electron chi connectivity index (χ1n) is 12.2. The van der Waals surface area contributed by atoms with E-state index in [4.69, 9.17) is 25.8 Å². The van der Waals surface area contributed by atoms with Crippen molar-refractivity contribution in [1.82, 2.24) is 5.43 Å². The van der Waals surface area contributed by atoms with Crippen LogP contribution in [-0.2, 0) is 14.4 Å². The number of nitrogens with one attached hydrogen (secondary N) is 3. The van der Waals surface area contributed by atoms with Gasteiger partial charge in [-0.1, -0.05) is 18.5 Å². The molecule has 10 nitrogen and oxygen atoms in total. The Bertz CT molecular complexity index is 1300. The average Bonchev–Trinajstić information content (AvgIpc) is 2.93. The summed E-state index contributed by atoms with van der Waals surface area (Å²) in [5, 5.41) is 9.60. The van der Waals surface area contributed by atoms with Gasteiger partial charge in [0.2, 0.25) is 0 Å². The quantitative estimate of drug-likeness (QED) is 0.171. The highest BCUT2D eigenvalue weighted by Gasteiger charge is 2.13. The smallest absolute Gasteiger partial charge is 0.329 e. The molecule has 0 atom stereocenters. The Morgan fingerprint density at radius 3 is 2.21 bits per heavy atom. The largest absolute Gasteiger partial charge is 0.494 e. The molecule has 3 N–H and O–H groups in total. The van der Waals surface area contributed by atoms with E-state index in [1.807, 2.05) is 13.8 Å². The number of benzene rings is 3. The average molecular weight is 553 g/mol. The molecule has 0 radical (unpaired) electrons. The zero-order valence-electron chi connectivity index (χ0n) is 21.5. The summed E-state index contributed by atoms with van der Waals surface area (Å²) in [6, 6.07) is 18.3. The Hall–Kier alpha value is -4.57. The highest BCUT2D eigenvalue weighted by molar-refractivity contribution is 6.39. The van der Waals surface area contributed by atoms with Gasteiger partial charge in [0.15, 0.2) is 18.1 Å². The van der Waals surface area contributed by atoms with Gasteiger partial charge in [-0.15, -0.1) is 0 Å². The molecule has 3 aromatic carbocycles. The monoisotopic (exact) mass is 552 g/mol. The second kappa shape index (κ2) is 15.0. The number of ether oxygens (including phenoxy) is 3. The minimum atomic E-state index is -0.936. The fourth-order valence-electron chi connectivity index (χ4n) is 3.12. The molecule has 11 heteroatoms. The van der Waals surface area contributed by atoms with Crippen LogP contribution < -0.4 is 30.3 Å². The first kappa shape index (κ1) is 29.0. The zero-order valence-corrected chi connectivity index (χ0v) is 22.3. The fraction of sp³-hybridized carbons (Fsp3) is 0.214. The summed E-state index contributed by atoms with van der Waals surface area (Å²) in [7, 11) is 0. The Balaban J connectivity index is 1.51. The van der Waals surface area contributed by atoms with Crippen LogP contribution in [0.15, 0.2) is 71.8 Å². The molecular weight excluding hydrogens is 524 g/mol. The minimum absolute atomic E-state index is 0.240. The van der Waals surface area contributed by atoms with Crippen molar-refractivity contribution in [2.45, 2.75) is 20.3 Å². The number of nitrogens with zero attached hydrogens (tertiary/aromatic N) is 1. The number of carbonyl (C=O) groups excluding carboxylic acids is 3. The summed E-state index contributed by atoms with van der Waals surface area (Å²) in [5.41, 5.74) is 3.79. The van der Waals surface area contributed by atoms with Crippen LogP contribution >= 0.6 is 11.6 Å². The second-order valence-electron chi connectivity index (χ2n) is 8.01. The summed E-state index contributed by atoms with van der Waals surface area (Å²) in [6.45, 7) is 4.52. The fourth-order valence-corrected chi connectivity index (χ4v) is 3.25. The van der Waals surface area contributed by atoms with Gasteiger partial charge >= 0.3 is 11.8 Å². The molecule has 0 fully saturated rings. The zero-order chi connectivity index (χ0) is 28.0. The molecule has 0 aromatic heterocycles. The molecule has 204 valence electrons. The van der Waals surface area contributed by atoms with Crippen molar-refractivity contribution in [3.63, 3.8) is 0 Å². The van der Waals surface area contributed by atoms with Crippen LogP contribution in [0.25, 0.3) is 0 Å². The lowest BCUT2D eigenvalue weighted by Crippen LogP contribution is -2.32. The van der Waals surface area contributed by atoms with E-state index in [1.54, 1.807) is 66.7 Å². The van der Waals surface area contributed by atoms with Gasteiger partial charge in [-0.25, -0.2) is 5.43 Å². The van der Waals surface area contributed by atoms with Crippen LogP contribution in [0.4, 0.5) is 11.4 Å². The standard InChI is InChI=1S/C28H29ClN4O6/c1-3-15-38-23-12-10-22(11-13-23)32-27(35)28(36)33-30-17-19-5-14-24(25(16-19)37-4-2)39-18-26(34)31-21-8-6-20(29)7-9-21/h5-14,16-17H,3-4,15,18H2,1-2H3,(H,31,34)(H,32,35)(H,33,36)/b30-17-. The van der Waals surface area contributed by atoms with E-state index in [9.17, 15) is 14.4 Å². The molecule has 3 aromatic rings. The third-order valence-corrected chi connectivity index (χ3v) is 5.18. The van der Waals surface area contributed by atoms with Crippen LogP contribution in [0.5, 0.6) is 17.2 Å². The van der Waals surface area contributed by atoms with Crippen molar-refractivity contribution in [2.24, 2.45) is 5.10 Å². The number of rotatable bonds is 12. The lowest BCUT2D eigenvalue weighted by atomic mass is 10.2. The van der Waals surface area contributed by atoms with Gasteiger partial charge in [-0.2, -0.15) is 5.10 Å². The van der Waals surface area contributed by atoms with Crippen LogP contribution in [0.1, 0.15) is 25.8 Å². The summed E-state index contributed by atoms with van der Waals surface area (Å²) in [4.78, 5) is 36.5. The lowest BCUT2D eigenvalue weighted by molar-refractivity contribution is -0.136. The number of amides is 3. The summed E-state index contributed by atoms with van der Waals surface area (Å²) < 4.78 is 16.7. The molecule has 0 saturated heterocycles. The molecule has 0 aliphatic carbocycles. The molecule has 39 heavy (non-hydrogen) atoms. The van der Waals surface area contributed by atoms with E-state index < -0.39 is 11.8 Å². The van der Waals surface area contributed by atoms with E-state index in [0.29, 0.717) is 52.4 Å². The van der Waals surface area contributed by atoms with Gasteiger partial charge in [0.05, 0.1) is 19.4 Å². The maximum atomic E-state index is 12.2. The molecule has 0 bridgehead atoms. The maximum absolute atomic E-state index is 12.2. The van der Waals surface area contributed by atoms with E-state index in [-0.39, 0.29) is 12.5 Å². The Morgan fingerprint density at radius 2 is 1.51 bits per heavy atom. The van der Waals surface area contributed by atoms with Crippen LogP contribution in [0.3, 0.4) is 0 Å². The number of hydrazone groups is 1. The van der Waals surface area contributed by atoms with Gasteiger partial charge in [0, 0.05) is 16.4 Å². The maximum Gasteiger partial charge on any atom is 0.329 e. The predicted molar refractivity (Wildman–Crippen MR) is 150 cm³/mol. The van der Waals surface area contributed by atoms with Gasteiger partial charge in [-0.3, -0.25) is 14.4 Å². The van der Waals surface area contributed by atoms with Crippen molar-refractivity contribution in [3.8, 4) is 17.2 Å². The van der Waals surface area contributed by atoms with E-state index in [2.05, 4.69) is 21.2 Å². The van der Waals surface area contributed by atoms with Crippen LogP contribution in [0, 0.1) is 0 Å². The van der Waals surface area contributed by atoms with E-state index in [1.165, 1.54) is 6.21 Å². The highest BCUT2D eigenvalue weighted by Crippen LogP contribution is 2.28. The van der Waals surface area contributed by atoms with Gasteiger partial charge in [0.25, 0.3) is 5.91 Å². The molecular formula is C28H29ClN4O6. The van der Waals surface area contributed by atoms with Crippen molar-refractivity contribution in [1.29, 1.82) is 0 Å². The molecule has 3 amide bonds. The van der Waals surface area contributed by atoms with Crippen molar-refractivity contribution >= 4 is 46.9 Å². The predicted octanol–water partition coefficient (Wildman–Crippen LogP) is 4.63. The van der Waals surface area contributed by atoms with Gasteiger partial charge in [-0.05, 0) is 85.6 Å². The second-order valence-corrected chi connectivity index (χ2v) is 8.45.